The largest absolute Gasteiger partial charge is 0.497 e. The maximum absolute atomic E-state index is 13.3. The van der Waals surface area contributed by atoms with Crippen LogP contribution < -0.4 is 24.4 Å². The second-order valence-electron chi connectivity index (χ2n) is 7.67. The van der Waals surface area contributed by atoms with Gasteiger partial charge < -0.3 is 19.5 Å². The van der Waals surface area contributed by atoms with E-state index in [-0.39, 0.29) is 13.0 Å². The highest BCUT2D eigenvalue weighted by atomic mass is 32.2. The number of carbonyl (C=O) groups is 2. The first-order chi connectivity index (χ1) is 16.7. The second kappa shape index (κ2) is 11.5. The molecule has 0 bridgehead atoms. The molecule has 0 radical (unpaired) electrons. The maximum atomic E-state index is 13.3. The highest BCUT2D eigenvalue weighted by molar-refractivity contribution is 7.88. The first-order valence-electron chi connectivity index (χ1n) is 10.6. The minimum absolute atomic E-state index is 0.152. The third kappa shape index (κ3) is 7.55. The Labute approximate surface area is 203 Å². The van der Waals surface area contributed by atoms with Crippen molar-refractivity contribution < 1.29 is 27.3 Å². The van der Waals surface area contributed by atoms with Gasteiger partial charge in [0.1, 0.15) is 17.6 Å². The number of amides is 3. The topological polar surface area (TPSA) is 143 Å². The summed E-state index contributed by atoms with van der Waals surface area (Å²) in [5, 5.41) is 6.16. The van der Waals surface area contributed by atoms with Crippen molar-refractivity contribution in [2.45, 2.75) is 25.9 Å². The number of hydrogen-bond donors (Lipinski definition) is 3. The predicted octanol–water partition coefficient (Wildman–Crippen LogP) is 1.90. The Morgan fingerprint density at radius 2 is 1.80 bits per heavy atom. The molecular formula is C23H27N5O6S. The lowest BCUT2D eigenvalue weighted by molar-refractivity contribution is -0.120. The van der Waals surface area contributed by atoms with E-state index >= 15 is 0 Å². The zero-order valence-corrected chi connectivity index (χ0v) is 20.3. The van der Waals surface area contributed by atoms with Crippen molar-refractivity contribution >= 4 is 27.8 Å². The number of ether oxygens (including phenoxy) is 1. The molecule has 2 aromatic carbocycles. The quantitative estimate of drug-likeness (QED) is 0.385. The van der Waals surface area contributed by atoms with Gasteiger partial charge in [0.05, 0.1) is 19.3 Å². The Bertz CT molecular complexity index is 1240. The van der Waals surface area contributed by atoms with Crippen molar-refractivity contribution in [1.29, 1.82) is 0 Å². The Balaban J connectivity index is 1.70. The van der Waals surface area contributed by atoms with Gasteiger partial charge in [-0.25, -0.2) is 9.52 Å². The minimum Gasteiger partial charge on any atom is -0.497 e. The molecule has 3 rings (SSSR count). The molecule has 3 amide bonds. The van der Waals surface area contributed by atoms with Crippen LogP contribution in [-0.4, -0.2) is 45.7 Å². The Morgan fingerprint density at radius 3 is 2.40 bits per heavy atom. The summed E-state index contributed by atoms with van der Waals surface area (Å²) in [6, 6.07) is 15.4. The van der Waals surface area contributed by atoms with Crippen molar-refractivity contribution in [3.63, 3.8) is 0 Å². The fourth-order valence-corrected chi connectivity index (χ4v) is 3.95. The number of aromatic nitrogens is 1. The Kier molecular flexibility index (Phi) is 8.44. The van der Waals surface area contributed by atoms with Crippen LogP contribution in [0.4, 0.5) is 10.5 Å². The van der Waals surface area contributed by atoms with Gasteiger partial charge >= 0.3 is 16.2 Å². The molecule has 11 nitrogen and oxygen atoms in total. The molecule has 1 atom stereocenters. The van der Waals surface area contributed by atoms with Crippen LogP contribution >= 0.6 is 0 Å². The SMILES string of the molecule is COc1ccc(N(C)C(=O)C(Cc2ccccc2)NC(=O)NS(=O)(=O)NCc2cc(C)on2)cc1. The monoisotopic (exact) mass is 501 g/mol. The zero-order valence-electron chi connectivity index (χ0n) is 19.5. The fraction of sp³-hybridized carbons (Fsp3) is 0.261. The molecule has 0 aliphatic rings. The number of hydrogen-bond acceptors (Lipinski definition) is 7. The van der Waals surface area contributed by atoms with Gasteiger partial charge in [0.25, 0.3) is 0 Å². The molecule has 0 saturated carbocycles. The van der Waals surface area contributed by atoms with Gasteiger partial charge in [-0.3, -0.25) is 4.79 Å². The first-order valence-corrected chi connectivity index (χ1v) is 12.1. The highest BCUT2D eigenvalue weighted by Gasteiger charge is 2.27. The average Bonchev–Trinajstić information content (AvgIpc) is 3.27. The number of rotatable bonds is 10. The number of likely N-dealkylation sites (N-methyl/N-ethyl adjacent to an activating group) is 1. The first kappa shape index (κ1) is 25.7. The number of anilines is 1. The molecule has 1 aromatic heterocycles. The van der Waals surface area contributed by atoms with Gasteiger partial charge in [0.15, 0.2) is 0 Å². The highest BCUT2D eigenvalue weighted by Crippen LogP contribution is 2.19. The van der Waals surface area contributed by atoms with E-state index in [0.717, 1.165) is 5.56 Å². The van der Waals surface area contributed by atoms with E-state index in [0.29, 0.717) is 22.9 Å². The van der Waals surface area contributed by atoms with Crippen LogP contribution in [0.2, 0.25) is 0 Å². The Hall–Kier alpha value is -3.90. The Morgan fingerprint density at radius 1 is 1.11 bits per heavy atom. The summed E-state index contributed by atoms with van der Waals surface area (Å²) in [5.41, 5.74) is 1.72. The number of nitrogens with one attached hydrogen (secondary N) is 3. The van der Waals surface area contributed by atoms with E-state index in [9.17, 15) is 18.0 Å². The van der Waals surface area contributed by atoms with Crippen molar-refractivity contribution in [1.82, 2.24) is 19.9 Å². The fourth-order valence-electron chi connectivity index (χ4n) is 3.23. The van der Waals surface area contributed by atoms with Crippen LogP contribution in [0, 0.1) is 6.92 Å². The van der Waals surface area contributed by atoms with Crippen molar-refractivity contribution in [2.75, 3.05) is 19.1 Å². The van der Waals surface area contributed by atoms with Gasteiger partial charge in [-0.1, -0.05) is 35.5 Å². The average molecular weight is 502 g/mol. The smallest absolute Gasteiger partial charge is 0.330 e. The second-order valence-corrected chi connectivity index (χ2v) is 9.17. The van der Waals surface area contributed by atoms with Gasteiger partial charge in [-0.05, 0) is 36.8 Å². The van der Waals surface area contributed by atoms with Gasteiger partial charge in [0.2, 0.25) is 5.91 Å². The lowest BCUT2D eigenvalue weighted by Gasteiger charge is -2.25. The number of methoxy groups -OCH3 is 1. The summed E-state index contributed by atoms with van der Waals surface area (Å²) in [5.74, 6) is 0.720. The van der Waals surface area contributed by atoms with Crippen molar-refractivity contribution in [3.05, 3.63) is 77.7 Å². The summed E-state index contributed by atoms with van der Waals surface area (Å²) in [6.07, 6.45) is 0.152. The molecule has 0 saturated heterocycles. The van der Waals surface area contributed by atoms with E-state index in [1.54, 1.807) is 44.3 Å². The van der Waals surface area contributed by atoms with Crippen LogP contribution in [0.25, 0.3) is 0 Å². The van der Waals surface area contributed by atoms with Gasteiger partial charge in [-0.15, -0.1) is 0 Å². The standard InChI is InChI=1S/C23H27N5O6S/c1-16-13-18(26-34-16)15-24-35(31,32)27-23(30)25-21(14-17-7-5-4-6-8-17)22(29)28(2)19-9-11-20(33-3)12-10-19/h4-13,21,24H,14-15H2,1-3H3,(H2,25,27,30). The van der Waals surface area contributed by atoms with Gasteiger partial charge in [-0.2, -0.15) is 13.1 Å². The van der Waals surface area contributed by atoms with Crippen LogP contribution in [0.3, 0.4) is 0 Å². The molecular weight excluding hydrogens is 474 g/mol. The normalized spacial score (nSPS) is 12.0. The molecule has 3 N–H and O–H groups in total. The van der Waals surface area contributed by atoms with Crippen molar-refractivity contribution in [3.8, 4) is 5.75 Å². The molecule has 1 heterocycles. The number of carbonyl (C=O) groups excluding carboxylic acids is 2. The summed E-state index contributed by atoms with van der Waals surface area (Å²) < 4.78 is 38.7. The van der Waals surface area contributed by atoms with Crippen LogP contribution in [0.1, 0.15) is 17.0 Å². The lowest BCUT2D eigenvalue weighted by Crippen LogP contribution is -2.54. The molecule has 3 aromatic rings. The third-order valence-corrected chi connectivity index (χ3v) is 6.00. The number of nitrogens with zero attached hydrogens (tertiary/aromatic N) is 2. The summed E-state index contributed by atoms with van der Waals surface area (Å²) in [7, 11) is -1.12. The molecule has 186 valence electrons. The summed E-state index contributed by atoms with van der Waals surface area (Å²) in [4.78, 5) is 27.2. The van der Waals surface area contributed by atoms with Crippen LogP contribution in [0.5, 0.6) is 5.75 Å². The molecule has 0 aliphatic heterocycles. The van der Waals surface area contributed by atoms with E-state index in [2.05, 4.69) is 15.2 Å². The molecule has 0 aliphatic carbocycles. The summed E-state index contributed by atoms with van der Waals surface area (Å²) in [6.45, 7) is 1.50. The lowest BCUT2D eigenvalue weighted by atomic mass is 10.0. The zero-order chi connectivity index (χ0) is 25.4. The minimum atomic E-state index is -4.23. The molecule has 12 heteroatoms. The predicted molar refractivity (Wildman–Crippen MR) is 129 cm³/mol. The number of benzene rings is 2. The molecule has 1 unspecified atom stereocenters. The molecule has 0 spiro atoms. The number of aryl methyl sites for hydroxylation is 1. The molecule has 0 fully saturated rings. The van der Waals surface area contributed by atoms with Crippen LogP contribution in [0.15, 0.2) is 65.2 Å². The van der Waals surface area contributed by atoms with E-state index in [1.165, 1.54) is 12.0 Å². The summed E-state index contributed by atoms with van der Waals surface area (Å²) >= 11 is 0. The molecule has 35 heavy (non-hydrogen) atoms. The van der Waals surface area contributed by atoms with Gasteiger partial charge in [0, 0.05) is 25.2 Å². The van der Waals surface area contributed by atoms with E-state index in [4.69, 9.17) is 9.26 Å². The van der Waals surface area contributed by atoms with E-state index < -0.39 is 28.2 Å². The van der Waals surface area contributed by atoms with Crippen molar-refractivity contribution in [2.24, 2.45) is 0 Å². The maximum Gasteiger partial charge on any atom is 0.330 e. The van der Waals surface area contributed by atoms with E-state index in [1.807, 2.05) is 35.1 Å². The van der Waals surface area contributed by atoms with Crippen LogP contribution in [-0.2, 0) is 28.0 Å². The number of urea groups is 1. The third-order valence-electron chi connectivity index (χ3n) is 5.02.